The van der Waals surface area contributed by atoms with E-state index in [4.69, 9.17) is 0 Å². The van der Waals surface area contributed by atoms with E-state index in [-0.39, 0.29) is 29.9 Å². The maximum absolute atomic E-state index is 12.2. The Morgan fingerprint density at radius 3 is 2.72 bits per heavy atom. The highest BCUT2D eigenvalue weighted by Crippen LogP contribution is 2.26. The maximum atomic E-state index is 12.2. The Bertz CT molecular complexity index is 809. The van der Waals surface area contributed by atoms with Crippen LogP contribution in [0.3, 0.4) is 0 Å². The summed E-state index contributed by atoms with van der Waals surface area (Å²) in [6.07, 6.45) is 2.09. The zero-order valence-corrected chi connectivity index (χ0v) is 18.5. The summed E-state index contributed by atoms with van der Waals surface area (Å²) in [4.78, 5) is 10.4. The Morgan fingerprint density at radius 2 is 2.14 bits per heavy atom. The number of ether oxygens (including phenoxy) is 1. The van der Waals surface area contributed by atoms with E-state index in [0.29, 0.717) is 12.5 Å². The van der Waals surface area contributed by atoms with Gasteiger partial charge in [0, 0.05) is 58.1 Å². The van der Waals surface area contributed by atoms with Crippen LogP contribution in [0, 0.1) is 0 Å². The lowest BCUT2D eigenvalue weighted by molar-refractivity contribution is -0.154. The van der Waals surface area contributed by atoms with E-state index in [1.807, 2.05) is 19.4 Å². The molecule has 3 rings (SSSR count). The van der Waals surface area contributed by atoms with Crippen molar-refractivity contribution in [2.75, 3.05) is 26.7 Å². The third-order valence-electron chi connectivity index (χ3n) is 4.53. The summed E-state index contributed by atoms with van der Waals surface area (Å²) < 4.78 is 42.9. The lowest BCUT2D eigenvalue weighted by atomic mass is 10.0. The predicted molar refractivity (Wildman–Crippen MR) is 114 cm³/mol. The van der Waals surface area contributed by atoms with Crippen LogP contribution in [-0.4, -0.2) is 58.5 Å². The van der Waals surface area contributed by atoms with E-state index >= 15 is 0 Å². The molecule has 7 nitrogen and oxygen atoms in total. The van der Waals surface area contributed by atoms with Crippen LogP contribution in [0.5, 0.6) is 5.88 Å². The molecule has 1 fully saturated rings. The summed E-state index contributed by atoms with van der Waals surface area (Å²) in [7, 11) is 3.64. The highest BCUT2D eigenvalue weighted by molar-refractivity contribution is 14.0. The van der Waals surface area contributed by atoms with Crippen molar-refractivity contribution in [1.82, 2.24) is 25.0 Å². The molecule has 1 aliphatic heterocycles. The van der Waals surface area contributed by atoms with Gasteiger partial charge in [-0.25, -0.2) is 4.98 Å². The van der Waals surface area contributed by atoms with E-state index in [2.05, 4.69) is 30.0 Å². The smallest absolute Gasteiger partial charge is 0.422 e. The molecule has 2 aromatic rings. The van der Waals surface area contributed by atoms with Gasteiger partial charge in [0.25, 0.3) is 0 Å². The number of likely N-dealkylation sites (tertiary alicyclic amines) is 1. The molecule has 0 aromatic carbocycles. The first-order valence-corrected chi connectivity index (χ1v) is 8.92. The topological polar surface area (TPSA) is 67.6 Å². The fraction of sp³-hybridized carbons (Fsp3) is 0.500. The Kier molecular flexibility index (Phi) is 8.11. The van der Waals surface area contributed by atoms with E-state index in [1.165, 1.54) is 17.8 Å². The normalized spacial score (nSPS) is 17.2. The standard InChI is InChI=1S/C18H23F3N6O.HI/c1-22-17(27-6-5-14(11-27)15-9-25-26(2)10-15)24-8-13-3-4-16(23-7-13)28-12-18(19,20)21;/h3-4,7,9-10,14H,5-6,8,11-12H2,1-2H3,(H,22,24);1H. The summed E-state index contributed by atoms with van der Waals surface area (Å²) in [6, 6.07) is 3.11. The zero-order valence-electron chi connectivity index (χ0n) is 16.2. The number of guanidine groups is 1. The monoisotopic (exact) mass is 524 g/mol. The molecule has 1 atom stereocenters. The summed E-state index contributed by atoms with van der Waals surface area (Å²) in [6.45, 7) is 0.861. The average molecular weight is 524 g/mol. The molecule has 0 saturated carbocycles. The third kappa shape index (κ3) is 6.75. The van der Waals surface area contributed by atoms with Gasteiger partial charge in [-0.2, -0.15) is 18.3 Å². The van der Waals surface area contributed by atoms with Crippen molar-refractivity contribution in [3.8, 4) is 5.88 Å². The van der Waals surface area contributed by atoms with Gasteiger partial charge in [-0.1, -0.05) is 6.07 Å². The highest BCUT2D eigenvalue weighted by Gasteiger charge is 2.29. The minimum Gasteiger partial charge on any atom is -0.468 e. The Balaban J connectivity index is 0.00000300. The number of rotatable bonds is 5. The van der Waals surface area contributed by atoms with Crippen molar-refractivity contribution in [3.05, 3.63) is 41.9 Å². The molecule has 11 heteroatoms. The fourth-order valence-electron chi connectivity index (χ4n) is 3.15. The van der Waals surface area contributed by atoms with Crippen molar-refractivity contribution in [2.24, 2.45) is 12.0 Å². The molecule has 1 unspecified atom stereocenters. The van der Waals surface area contributed by atoms with Gasteiger partial charge in [-0.15, -0.1) is 24.0 Å². The van der Waals surface area contributed by atoms with Crippen molar-refractivity contribution < 1.29 is 17.9 Å². The number of nitrogens with one attached hydrogen (secondary N) is 1. The average Bonchev–Trinajstić information content (AvgIpc) is 3.30. The minimum absolute atomic E-state index is 0. The lowest BCUT2D eigenvalue weighted by Gasteiger charge is -2.21. The van der Waals surface area contributed by atoms with Crippen molar-refractivity contribution >= 4 is 29.9 Å². The minimum atomic E-state index is -4.38. The molecule has 0 radical (unpaired) electrons. The molecule has 0 spiro atoms. The van der Waals surface area contributed by atoms with Gasteiger partial charge in [-0.05, 0) is 17.5 Å². The molecular weight excluding hydrogens is 500 g/mol. The third-order valence-corrected chi connectivity index (χ3v) is 4.53. The number of aliphatic imine (C=N–C) groups is 1. The molecule has 160 valence electrons. The summed E-state index contributed by atoms with van der Waals surface area (Å²) in [5, 5.41) is 7.51. The second-order valence-electron chi connectivity index (χ2n) is 6.69. The van der Waals surface area contributed by atoms with Crippen LogP contribution < -0.4 is 10.1 Å². The molecule has 0 amide bonds. The number of nitrogens with zero attached hydrogens (tertiary/aromatic N) is 5. The molecule has 0 aliphatic carbocycles. The first kappa shape index (κ1) is 23.2. The van der Waals surface area contributed by atoms with Crippen LogP contribution in [0.15, 0.2) is 35.7 Å². The van der Waals surface area contributed by atoms with Crippen molar-refractivity contribution in [3.63, 3.8) is 0 Å². The van der Waals surface area contributed by atoms with Crippen LogP contribution in [0.4, 0.5) is 13.2 Å². The van der Waals surface area contributed by atoms with E-state index < -0.39 is 12.8 Å². The van der Waals surface area contributed by atoms with Gasteiger partial charge < -0.3 is 15.0 Å². The first-order valence-electron chi connectivity index (χ1n) is 8.92. The van der Waals surface area contributed by atoms with Gasteiger partial charge >= 0.3 is 6.18 Å². The number of aromatic nitrogens is 3. The van der Waals surface area contributed by atoms with Crippen LogP contribution in [0.25, 0.3) is 0 Å². The summed E-state index contributed by atoms with van der Waals surface area (Å²) in [5.41, 5.74) is 2.04. The number of hydrogen-bond acceptors (Lipinski definition) is 4. The molecule has 0 bridgehead atoms. The number of halogens is 4. The molecule has 1 aliphatic rings. The van der Waals surface area contributed by atoms with Crippen LogP contribution in [0.1, 0.15) is 23.5 Å². The van der Waals surface area contributed by atoms with Gasteiger partial charge in [0.05, 0.1) is 6.20 Å². The zero-order chi connectivity index (χ0) is 20.1. The number of aryl methyl sites for hydroxylation is 1. The van der Waals surface area contributed by atoms with Crippen LogP contribution >= 0.6 is 24.0 Å². The molecular formula is C18H24F3IN6O. The molecule has 1 N–H and O–H groups in total. The summed E-state index contributed by atoms with van der Waals surface area (Å²) >= 11 is 0. The molecule has 29 heavy (non-hydrogen) atoms. The quantitative estimate of drug-likeness (QED) is 0.370. The lowest BCUT2D eigenvalue weighted by Crippen LogP contribution is -2.39. The van der Waals surface area contributed by atoms with Crippen LogP contribution in [-0.2, 0) is 13.6 Å². The highest BCUT2D eigenvalue weighted by atomic mass is 127. The Morgan fingerprint density at radius 1 is 1.34 bits per heavy atom. The number of hydrogen-bond donors (Lipinski definition) is 1. The van der Waals surface area contributed by atoms with Gasteiger partial charge in [0.15, 0.2) is 12.6 Å². The second-order valence-corrected chi connectivity index (χ2v) is 6.69. The Labute approximate surface area is 184 Å². The Hall–Kier alpha value is -2.05. The first-order chi connectivity index (χ1) is 13.3. The fourth-order valence-corrected chi connectivity index (χ4v) is 3.15. The predicted octanol–water partition coefficient (Wildman–Crippen LogP) is 2.94. The molecule has 2 aromatic heterocycles. The maximum Gasteiger partial charge on any atom is 0.422 e. The second kappa shape index (κ2) is 10.1. The molecule has 1 saturated heterocycles. The van der Waals surface area contributed by atoms with Crippen molar-refractivity contribution in [1.29, 1.82) is 0 Å². The van der Waals surface area contributed by atoms with E-state index in [9.17, 15) is 13.2 Å². The van der Waals surface area contributed by atoms with E-state index in [0.717, 1.165) is 31.0 Å². The summed E-state index contributed by atoms with van der Waals surface area (Å²) in [5.74, 6) is 1.15. The largest absolute Gasteiger partial charge is 0.468 e. The van der Waals surface area contributed by atoms with Gasteiger partial charge in [-0.3, -0.25) is 9.67 Å². The van der Waals surface area contributed by atoms with E-state index in [1.54, 1.807) is 17.8 Å². The van der Waals surface area contributed by atoms with Gasteiger partial charge in [0.1, 0.15) is 0 Å². The van der Waals surface area contributed by atoms with Crippen LogP contribution in [0.2, 0.25) is 0 Å². The number of pyridine rings is 1. The number of alkyl halides is 3. The van der Waals surface area contributed by atoms with Crippen molar-refractivity contribution in [2.45, 2.75) is 25.1 Å². The SMILES string of the molecule is CN=C(NCc1ccc(OCC(F)(F)F)nc1)N1CCC(c2cnn(C)c2)C1.I. The molecule has 3 heterocycles. The van der Waals surface area contributed by atoms with Gasteiger partial charge in [0.2, 0.25) is 5.88 Å².